The molecule has 0 aromatic carbocycles. The number of nitrogens with zero attached hydrogens (tertiary/aromatic N) is 1. The van der Waals surface area contributed by atoms with Gasteiger partial charge in [0.1, 0.15) is 6.04 Å². The molecular formula is C11H22N2O6S. The summed E-state index contributed by atoms with van der Waals surface area (Å²) in [6.07, 6.45) is 1.68. The van der Waals surface area contributed by atoms with Crippen molar-refractivity contribution in [1.82, 2.24) is 9.03 Å². The number of carbonyl (C=O) groups is 1. The first-order chi connectivity index (χ1) is 9.32. The number of piperidine rings is 1. The minimum Gasteiger partial charge on any atom is -0.480 e. The van der Waals surface area contributed by atoms with Gasteiger partial charge in [-0.25, -0.2) is 0 Å². The number of nitrogens with one attached hydrogen (secondary N) is 1. The second-order valence-electron chi connectivity index (χ2n) is 5.02. The molecule has 0 saturated carbocycles. The quantitative estimate of drug-likeness (QED) is 0.472. The summed E-state index contributed by atoms with van der Waals surface area (Å²) in [5.74, 6) is -1.19. The topological polar surface area (TPSA) is 127 Å². The second-order valence-corrected chi connectivity index (χ2v) is 6.64. The van der Waals surface area contributed by atoms with Crippen LogP contribution in [0.25, 0.3) is 0 Å². The van der Waals surface area contributed by atoms with E-state index < -0.39 is 41.0 Å². The average molecular weight is 310 g/mol. The zero-order valence-electron chi connectivity index (χ0n) is 11.4. The number of carboxylic acids is 1. The zero-order chi connectivity index (χ0) is 15.4. The van der Waals surface area contributed by atoms with Crippen LogP contribution >= 0.6 is 0 Å². The van der Waals surface area contributed by atoms with Crippen LogP contribution in [0.15, 0.2) is 0 Å². The molecule has 8 nitrogen and oxygen atoms in total. The van der Waals surface area contributed by atoms with Crippen LogP contribution in [0.3, 0.4) is 0 Å². The molecule has 4 N–H and O–H groups in total. The highest BCUT2D eigenvalue weighted by atomic mass is 32.2. The Morgan fingerprint density at radius 3 is 2.40 bits per heavy atom. The Labute approximate surface area is 118 Å². The molecule has 0 aromatic rings. The molecule has 0 spiro atoms. The lowest BCUT2D eigenvalue weighted by molar-refractivity contribution is -0.142. The number of carboxylic acid groups (broad SMARTS) is 1. The van der Waals surface area contributed by atoms with E-state index in [0.717, 1.165) is 4.31 Å². The highest BCUT2D eigenvalue weighted by Gasteiger charge is 2.41. The van der Waals surface area contributed by atoms with Gasteiger partial charge >= 0.3 is 5.97 Å². The van der Waals surface area contributed by atoms with Crippen molar-refractivity contribution in [3.63, 3.8) is 0 Å². The van der Waals surface area contributed by atoms with Crippen LogP contribution in [0.5, 0.6) is 0 Å². The molecule has 20 heavy (non-hydrogen) atoms. The first kappa shape index (κ1) is 17.3. The minimum atomic E-state index is -4.09. The first-order valence-corrected chi connectivity index (χ1v) is 8.01. The Morgan fingerprint density at radius 2 is 1.95 bits per heavy atom. The van der Waals surface area contributed by atoms with E-state index in [2.05, 4.69) is 4.72 Å². The van der Waals surface area contributed by atoms with Crippen LogP contribution in [-0.2, 0) is 15.0 Å². The minimum absolute atomic E-state index is 0.114. The van der Waals surface area contributed by atoms with E-state index in [4.69, 9.17) is 5.11 Å². The van der Waals surface area contributed by atoms with Crippen molar-refractivity contribution in [2.24, 2.45) is 0 Å². The SMILES string of the molecule is CCC(CO)(CO)NS(=O)(=O)N1CCCCC1C(=O)O. The molecule has 0 aromatic heterocycles. The number of aliphatic hydroxyl groups excluding tert-OH is 2. The summed E-state index contributed by atoms with van der Waals surface area (Å²) in [5.41, 5.74) is -1.38. The molecule has 1 heterocycles. The molecule has 1 fully saturated rings. The highest BCUT2D eigenvalue weighted by Crippen LogP contribution is 2.22. The standard InChI is InChI=1S/C11H22N2O6S/c1-2-11(7-14,8-15)12-20(18,19)13-6-4-3-5-9(13)10(16)17/h9,12,14-15H,2-8H2,1H3,(H,16,17). The number of rotatable bonds is 7. The van der Waals surface area contributed by atoms with E-state index in [-0.39, 0.29) is 19.4 Å². The number of hydrogen-bond donors (Lipinski definition) is 4. The van der Waals surface area contributed by atoms with Gasteiger partial charge in [0.2, 0.25) is 0 Å². The van der Waals surface area contributed by atoms with Gasteiger partial charge in [-0.05, 0) is 25.7 Å². The van der Waals surface area contributed by atoms with Crippen molar-refractivity contribution < 1.29 is 28.5 Å². The maximum absolute atomic E-state index is 12.3. The van der Waals surface area contributed by atoms with Crippen molar-refractivity contribution in [2.75, 3.05) is 19.8 Å². The Balaban J connectivity index is 2.99. The predicted octanol–water partition coefficient (Wildman–Crippen LogP) is -1.11. The summed E-state index contributed by atoms with van der Waals surface area (Å²) in [7, 11) is -4.09. The van der Waals surface area contributed by atoms with Crippen molar-refractivity contribution in [3.05, 3.63) is 0 Å². The molecular weight excluding hydrogens is 288 g/mol. The van der Waals surface area contributed by atoms with Gasteiger partial charge in [-0.3, -0.25) is 4.79 Å². The van der Waals surface area contributed by atoms with E-state index in [1.165, 1.54) is 0 Å². The Bertz CT molecular complexity index is 426. The molecule has 1 rings (SSSR count). The summed E-state index contributed by atoms with van der Waals surface area (Å²) in [4.78, 5) is 11.2. The molecule has 1 aliphatic rings. The largest absolute Gasteiger partial charge is 0.480 e. The summed E-state index contributed by atoms with van der Waals surface area (Å²) in [5, 5.41) is 27.7. The lowest BCUT2D eigenvalue weighted by Crippen LogP contribution is -2.60. The van der Waals surface area contributed by atoms with Crippen LogP contribution in [0.4, 0.5) is 0 Å². The Hall–Kier alpha value is -0.740. The molecule has 9 heteroatoms. The fraction of sp³-hybridized carbons (Fsp3) is 0.909. The van der Waals surface area contributed by atoms with Crippen LogP contribution in [0.1, 0.15) is 32.6 Å². The van der Waals surface area contributed by atoms with Gasteiger partial charge in [0.05, 0.1) is 18.8 Å². The third kappa shape index (κ3) is 3.67. The highest BCUT2D eigenvalue weighted by molar-refractivity contribution is 7.87. The molecule has 0 bridgehead atoms. The molecule has 1 atom stereocenters. The van der Waals surface area contributed by atoms with E-state index in [9.17, 15) is 23.4 Å². The third-order valence-electron chi connectivity index (χ3n) is 3.68. The molecule has 1 aliphatic heterocycles. The van der Waals surface area contributed by atoms with Gasteiger partial charge in [0.25, 0.3) is 10.2 Å². The van der Waals surface area contributed by atoms with Gasteiger partial charge < -0.3 is 15.3 Å². The maximum atomic E-state index is 12.3. The zero-order valence-corrected chi connectivity index (χ0v) is 12.3. The monoisotopic (exact) mass is 310 g/mol. The fourth-order valence-electron chi connectivity index (χ4n) is 2.18. The molecule has 118 valence electrons. The van der Waals surface area contributed by atoms with Crippen molar-refractivity contribution in [3.8, 4) is 0 Å². The average Bonchev–Trinajstić information content (AvgIpc) is 2.45. The molecule has 0 amide bonds. The van der Waals surface area contributed by atoms with E-state index in [1.54, 1.807) is 6.92 Å². The van der Waals surface area contributed by atoms with Gasteiger partial charge in [-0.2, -0.15) is 17.4 Å². The molecule has 1 saturated heterocycles. The summed E-state index contributed by atoms with van der Waals surface area (Å²) < 4.78 is 27.8. The Kier molecular flexibility index (Phi) is 5.90. The molecule has 0 radical (unpaired) electrons. The number of aliphatic hydroxyl groups is 2. The van der Waals surface area contributed by atoms with E-state index >= 15 is 0 Å². The summed E-state index contributed by atoms with van der Waals surface area (Å²) >= 11 is 0. The Morgan fingerprint density at radius 1 is 1.35 bits per heavy atom. The van der Waals surface area contributed by atoms with Crippen LogP contribution in [0, 0.1) is 0 Å². The van der Waals surface area contributed by atoms with Crippen LogP contribution in [-0.4, -0.2) is 65.4 Å². The smallest absolute Gasteiger partial charge is 0.322 e. The maximum Gasteiger partial charge on any atom is 0.322 e. The van der Waals surface area contributed by atoms with Crippen molar-refractivity contribution in [2.45, 2.75) is 44.2 Å². The van der Waals surface area contributed by atoms with Crippen LogP contribution < -0.4 is 4.72 Å². The summed E-state index contributed by atoms with van der Waals surface area (Å²) in [6, 6.07) is -1.10. The van der Waals surface area contributed by atoms with Gasteiger partial charge in [-0.1, -0.05) is 6.92 Å². The second kappa shape index (κ2) is 6.81. The third-order valence-corrected chi connectivity index (χ3v) is 5.42. The van der Waals surface area contributed by atoms with Crippen molar-refractivity contribution in [1.29, 1.82) is 0 Å². The van der Waals surface area contributed by atoms with Gasteiger partial charge in [0, 0.05) is 6.54 Å². The first-order valence-electron chi connectivity index (χ1n) is 6.57. The molecule has 1 unspecified atom stereocenters. The van der Waals surface area contributed by atoms with Crippen LogP contribution in [0.2, 0.25) is 0 Å². The molecule has 0 aliphatic carbocycles. The fourth-order valence-corrected chi connectivity index (χ4v) is 4.02. The normalized spacial score (nSPS) is 21.9. The van der Waals surface area contributed by atoms with Crippen molar-refractivity contribution >= 4 is 16.2 Å². The summed E-state index contributed by atoms with van der Waals surface area (Å²) in [6.45, 7) is 0.610. The van der Waals surface area contributed by atoms with Gasteiger partial charge in [-0.15, -0.1) is 0 Å². The number of aliphatic carboxylic acids is 1. The number of hydrogen-bond acceptors (Lipinski definition) is 5. The lowest BCUT2D eigenvalue weighted by atomic mass is 10.0. The van der Waals surface area contributed by atoms with E-state index in [0.29, 0.717) is 12.8 Å². The lowest BCUT2D eigenvalue weighted by Gasteiger charge is -2.36. The predicted molar refractivity (Wildman–Crippen MR) is 71.2 cm³/mol. The van der Waals surface area contributed by atoms with E-state index in [1.807, 2.05) is 0 Å². The van der Waals surface area contributed by atoms with Gasteiger partial charge in [0.15, 0.2) is 0 Å².